The fourth-order valence-corrected chi connectivity index (χ4v) is 2.82. The second kappa shape index (κ2) is 5.11. The SMILES string of the molecule is COCc1ccc(C2CC2)c(B2OC(C)(C)C(C)(C)O2)c1. The summed E-state index contributed by atoms with van der Waals surface area (Å²) in [4.78, 5) is 0. The molecule has 0 aromatic heterocycles. The van der Waals surface area contributed by atoms with Gasteiger partial charge >= 0.3 is 7.12 Å². The first-order chi connectivity index (χ1) is 9.84. The van der Waals surface area contributed by atoms with E-state index in [1.54, 1.807) is 7.11 Å². The normalized spacial score (nSPS) is 23.6. The monoisotopic (exact) mass is 288 g/mol. The molecule has 1 heterocycles. The molecule has 1 aliphatic heterocycles. The van der Waals surface area contributed by atoms with E-state index in [-0.39, 0.29) is 18.3 Å². The number of hydrogen-bond acceptors (Lipinski definition) is 3. The van der Waals surface area contributed by atoms with Crippen molar-refractivity contribution < 1.29 is 14.0 Å². The lowest BCUT2D eigenvalue weighted by atomic mass is 9.74. The van der Waals surface area contributed by atoms with Gasteiger partial charge in [-0.25, -0.2) is 0 Å². The molecule has 0 atom stereocenters. The third-order valence-electron chi connectivity index (χ3n) is 4.99. The van der Waals surface area contributed by atoms with Gasteiger partial charge in [0.05, 0.1) is 17.8 Å². The quantitative estimate of drug-likeness (QED) is 0.797. The first-order valence-corrected chi connectivity index (χ1v) is 7.81. The maximum atomic E-state index is 6.24. The van der Waals surface area contributed by atoms with E-state index in [9.17, 15) is 0 Å². The molecule has 2 aliphatic rings. The summed E-state index contributed by atoms with van der Waals surface area (Å²) in [6.45, 7) is 9.02. The van der Waals surface area contributed by atoms with E-state index in [4.69, 9.17) is 14.0 Å². The number of benzene rings is 1. The van der Waals surface area contributed by atoms with Crippen molar-refractivity contribution in [3.05, 3.63) is 29.3 Å². The Morgan fingerprint density at radius 3 is 2.29 bits per heavy atom. The number of methoxy groups -OCH3 is 1. The van der Waals surface area contributed by atoms with Crippen molar-refractivity contribution in [1.82, 2.24) is 0 Å². The number of rotatable bonds is 4. The van der Waals surface area contributed by atoms with E-state index in [0.717, 1.165) is 0 Å². The predicted octanol–water partition coefficient (Wildman–Crippen LogP) is 3.01. The molecule has 1 aromatic rings. The topological polar surface area (TPSA) is 27.7 Å². The van der Waals surface area contributed by atoms with Gasteiger partial charge in [-0.2, -0.15) is 0 Å². The van der Waals surface area contributed by atoms with Crippen LogP contribution in [0, 0.1) is 0 Å². The van der Waals surface area contributed by atoms with Gasteiger partial charge in [-0.3, -0.25) is 0 Å². The zero-order chi connectivity index (χ0) is 15.3. The Morgan fingerprint density at radius 2 is 1.76 bits per heavy atom. The van der Waals surface area contributed by atoms with Crippen molar-refractivity contribution in [3.63, 3.8) is 0 Å². The van der Waals surface area contributed by atoms with Crippen molar-refractivity contribution in [2.24, 2.45) is 0 Å². The van der Waals surface area contributed by atoms with Crippen LogP contribution in [0.25, 0.3) is 0 Å². The van der Waals surface area contributed by atoms with Crippen molar-refractivity contribution in [2.75, 3.05) is 7.11 Å². The Kier molecular flexibility index (Phi) is 3.67. The maximum Gasteiger partial charge on any atom is 0.495 e. The van der Waals surface area contributed by atoms with Gasteiger partial charge in [0.25, 0.3) is 0 Å². The summed E-state index contributed by atoms with van der Waals surface area (Å²) in [5, 5.41) is 0. The summed E-state index contributed by atoms with van der Waals surface area (Å²) in [5.41, 5.74) is 3.15. The lowest BCUT2D eigenvalue weighted by Gasteiger charge is -2.32. The molecule has 3 nitrogen and oxygen atoms in total. The van der Waals surface area contributed by atoms with Crippen LogP contribution in [0.4, 0.5) is 0 Å². The summed E-state index contributed by atoms with van der Waals surface area (Å²) in [6, 6.07) is 6.58. The molecule has 0 amide bonds. The molecule has 114 valence electrons. The van der Waals surface area contributed by atoms with Crippen LogP contribution in [-0.2, 0) is 20.7 Å². The second-order valence-electron chi connectivity index (χ2n) is 7.26. The van der Waals surface area contributed by atoms with Gasteiger partial charge in [-0.05, 0) is 63.0 Å². The Bertz CT molecular complexity index is 519. The van der Waals surface area contributed by atoms with Crippen molar-refractivity contribution in [3.8, 4) is 0 Å². The molecule has 0 radical (unpaired) electrons. The molecular formula is C17H25BO3. The third-order valence-corrected chi connectivity index (χ3v) is 4.99. The highest BCUT2D eigenvalue weighted by molar-refractivity contribution is 6.62. The Labute approximate surface area is 128 Å². The average Bonchev–Trinajstić information content (AvgIpc) is 3.18. The zero-order valence-electron chi connectivity index (χ0n) is 13.7. The smallest absolute Gasteiger partial charge is 0.399 e. The molecule has 1 saturated heterocycles. The summed E-state index contributed by atoms with van der Waals surface area (Å²) in [5.74, 6) is 0.676. The minimum Gasteiger partial charge on any atom is -0.399 e. The van der Waals surface area contributed by atoms with Gasteiger partial charge in [-0.15, -0.1) is 0 Å². The third kappa shape index (κ3) is 2.77. The summed E-state index contributed by atoms with van der Waals surface area (Å²) in [7, 11) is 1.45. The molecular weight excluding hydrogens is 263 g/mol. The Morgan fingerprint density at radius 1 is 1.14 bits per heavy atom. The number of ether oxygens (including phenoxy) is 1. The second-order valence-corrected chi connectivity index (χ2v) is 7.26. The van der Waals surface area contributed by atoms with E-state index < -0.39 is 0 Å². The van der Waals surface area contributed by atoms with Crippen LogP contribution < -0.4 is 5.46 Å². The largest absolute Gasteiger partial charge is 0.495 e. The average molecular weight is 288 g/mol. The standard InChI is InChI=1S/C17H25BO3/c1-16(2)17(3,4)21-18(20-16)15-10-12(11-19-5)6-9-14(15)13-7-8-13/h6,9-10,13H,7-8,11H2,1-5H3. The van der Waals surface area contributed by atoms with Crippen molar-refractivity contribution >= 4 is 12.6 Å². The molecule has 1 aliphatic carbocycles. The van der Waals surface area contributed by atoms with E-state index in [0.29, 0.717) is 12.5 Å². The highest BCUT2D eigenvalue weighted by Gasteiger charge is 2.52. The van der Waals surface area contributed by atoms with Crippen LogP contribution in [0.1, 0.15) is 57.6 Å². The van der Waals surface area contributed by atoms with Crippen LogP contribution >= 0.6 is 0 Å². The van der Waals surface area contributed by atoms with E-state index in [1.807, 2.05) is 0 Å². The molecule has 0 unspecified atom stereocenters. The summed E-state index contributed by atoms with van der Waals surface area (Å²) >= 11 is 0. The fourth-order valence-electron chi connectivity index (χ4n) is 2.82. The zero-order valence-corrected chi connectivity index (χ0v) is 13.7. The maximum absolute atomic E-state index is 6.24. The highest BCUT2D eigenvalue weighted by atomic mass is 16.7. The van der Waals surface area contributed by atoms with E-state index in [1.165, 1.54) is 29.4 Å². The van der Waals surface area contributed by atoms with E-state index in [2.05, 4.69) is 45.9 Å². The predicted molar refractivity (Wildman–Crippen MR) is 84.8 cm³/mol. The van der Waals surface area contributed by atoms with Gasteiger partial charge in [0.2, 0.25) is 0 Å². The fraction of sp³-hybridized carbons (Fsp3) is 0.647. The molecule has 4 heteroatoms. The van der Waals surface area contributed by atoms with Crippen LogP contribution in [0.15, 0.2) is 18.2 Å². The molecule has 1 saturated carbocycles. The van der Waals surface area contributed by atoms with Crippen LogP contribution in [0.5, 0.6) is 0 Å². The number of hydrogen-bond donors (Lipinski definition) is 0. The molecule has 0 spiro atoms. The van der Waals surface area contributed by atoms with Gasteiger partial charge in [0.15, 0.2) is 0 Å². The van der Waals surface area contributed by atoms with Gasteiger partial charge in [0.1, 0.15) is 0 Å². The lowest BCUT2D eigenvalue weighted by molar-refractivity contribution is 0.00578. The minimum absolute atomic E-state index is 0.276. The molecule has 0 bridgehead atoms. The van der Waals surface area contributed by atoms with Crippen LogP contribution in [0.3, 0.4) is 0 Å². The molecule has 2 fully saturated rings. The van der Waals surface area contributed by atoms with Crippen LogP contribution in [0.2, 0.25) is 0 Å². The Hall–Kier alpha value is -0.835. The van der Waals surface area contributed by atoms with E-state index >= 15 is 0 Å². The first kappa shape index (κ1) is 15.1. The van der Waals surface area contributed by atoms with Gasteiger partial charge in [-0.1, -0.05) is 18.2 Å². The minimum atomic E-state index is -0.296. The molecule has 0 N–H and O–H groups in total. The van der Waals surface area contributed by atoms with Gasteiger partial charge < -0.3 is 14.0 Å². The molecule has 21 heavy (non-hydrogen) atoms. The van der Waals surface area contributed by atoms with Crippen LogP contribution in [-0.4, -0.2) is 25.4 Å². The van der Waals surface area contributed by atoms with Crippen molar-refractivity contribution in [2.45, 2.75) is 64.3 Å². The summed E-state index contributed by atoms with van der Waals surface area (Å²) < 4.78 is 17.7. The first-order valence-electron chi connectivity index (χ1n) is 7.81. The van der Waals surface area contributed by atoms with Gasteiger partial charge in [0, 0.05) is 7.11 Å². The summed E-state index contributed by atoms with van der Waals surface area (Å²) in [6.07, 6.45) is 2.55. The highest BCUT2D eigenvalue weighted by Crippen LogP contribution is 2.41. The lowest BCUT2D eigenvalue weighted by Crippen LogP contribution is -2.41. The molecule has 1 aromatic carbocycles. The van der Waals surface area contributed by atoms with Crippen molar-refractivity contribution in [1.29, 1.82) is 0 Å². The molecule has 3 rings (SSSR count). The Balaban J connectivity index is 1.95.